The summed E-state index contributed by atoms with van der Waals surface area (Å²) in [5.74, 6) is 0. The summed E-state index contributed by atoms with van der Waals surface area (Å²) in [6, 6.07) is 1.15. The van der Waals surface area contributed by atoms with E-state index in [-0.39, 0.29) is 0 Å². The van der Waals surface area contributed by atoms with Crippen LogP contribution in [0.25, 0.3) is 0 Å². The first-order chi connectivity index (χ1) is 6.75. The van der Waals surface area contributed by atoms with Gasteiger partial charge in [0.05, 0.1) is 0 Å². The zero-order valence-corrected chi connectivity index (χ0v) is 9.28. The summed E-state index contributed by atoms with van der Waals surface area (Å²) in [4.78, 5) is 5.22. The van der Waals surface area contributed by atoms with Crippen molar-refractivity contribution in [3.63, 3.8) is 0 Å². The molecule has 2 atom stereocenters. The predicted molar refractivity (Wildman–Crippen MR) is 59.3 cm³/mol. The molecular formula is C11H23N3. The van der Waals surface area contributed by atoms with Crippen LogP contribution in [0.15, 0.2) is 0 Å². The van der Waals surface area contributed by atoms with Gasteiger partial charge in [-0.1, -0.05) is 0 Å². The maximum atomic E-state index is 5.86. The van der Waals surface area contributed by atoms with E-state index in [1.54, 1.807) is 0 Å². The van der Waals surface area contributed by atoms with E-state index in [1.807, 2.05) is 0 Å². The molecule has 14 heavy (non-hydrogen) atoms. The largest absolute Gasteiger partial charge is 0.327 e. The SMILES string of the molecule is C[C@@H](N)CN1CCCN2CCCC2C1. The van der Waals surface area contributed by atoms with Gasteiger partial charge in [-0.3, -0.25) is 4.90 Å². The minimum absolute atomic E-state index is 0.322. The molecular weight excluding hydrogens is 174 g/mol. The fraction of sp³-hybridized carbons (Fsp3) is 1.00. The van der Waals surface area contributed by atoms with Gasteiger partial charge in [0, 0.05) is 25.2 Å². The summed E-state index contributed by atoms with van der Waals surface area (Å²) >= 11 is 0. The van der Waals surface area contributed by atoms with Crippen molar-refractivity contribution >= 4 is 0 Å². The van der Waals surface area contributed by atoms with Gasteiger partial charge in [0.2, 0.25) is 0 Å². The summed E-state index contributed by atoms with van der Waals surface area (Å²) < 4.78 is 0. The van der Waals surface area contributed by atoms with E-state index in [9.17, 15) is 0 Å². The van der Waals surface area contributed by atoms with Gasteiger partial charge in [-0.05, 0) is 45.8 Å². The third-order valence-corrected chi connectivity index (χ3v) is 3.43. The van der Waals surface area contributed by atoms with Gasteiger partial charge in [0.25, 0.3) is 0 Å². The normalized spacial score (nSPS) is 32.6. The molecule has 0 aromatic carbocycles. The minimum Gasteiger partial charge on any atom is -0.327 e. The molecule has 0 radical (unpaired) electrons. The molecule has 2 heterocycles. The lowest BCUT2D eigenvalue weighted by atomic mass is 10.2. The Kier molecular flexibility index (Phi) is 3.42. The molecule has 2 saturated heterocycles. The van der Waals surface area contributed by atoms with Crippen molar-refractivity contribution in [1.29, 1.82) is 0 Å². The molecule has 0 saturated carbocycles. The lowest BCUT2D eigenvalue weighted by molar-refractivity contribution is 0.215. The van der Waals surface area contributed by atoms with Crippen molar-refractivity contribution in [2.75, 3.05) is 32.7 Å². The molecule has 0 bridgehead atoms. The molecule has 1 unspecified atom stereocenters. The van der Waals surface area contributed by atoms with E-state index >= 15 is 0 Å². The van der Waals surface area contributed by atoms with Crippen LogP contribution in [0.5, 0.6) is 0 Å². The van der Waals surface area contributed by atoms with Crippen molar-refractivity contribution in [3.8, 4) is 0 Å². The predicted octanol–water partition coefficient (Wildman–Crippen LogP) is 0.504. The summed E-state index contributed by atoms with van der Waals surface area (Å²) in [6.07, 6.45) is 4.12. The number of fused-ring (bicyclic) bond motifs is 1. The van der Waals surface area contributed by atoms with Crippen molar-refractivity contribution in [1.82, 2.24) is 9.80 Å². The van der Waals surface area contributed by atoms with Crippen LogP contribution in [0.1, 0.15) is 26.2 Å². The second kappa shape index (κ2) is 4.60. The minimum atomic E-state index is 0.322. The lowest BCUT2D eigenvalue weighted by Gasteiger charge is -2.26. The maximum absolute atomic E-state index is 5.86. The molecule has 0 amide bonds. The highest BCUT2D eigenvalue weighted by molar-refractivity contribution is 4.85. The quantitative estimate of drug-likeness (QED) is 0.700. The maximum Gasteiger partial charge on any atom is 0.0223 e. The fourth-order valence-electron chi connectivity index (χ4n) is 2.86. The molecule has 3 heteroatoms. The summed E-state index contributed by atoms with van der Waals surface area (Å²) in [5, 5.41) is 0. The lowest BCUT2D eigenvalue weighted by Crippen LogP contribution is -2.41. The number of rotatable bonds is 2. The van der Waals surface area contributed by atoms with Gasteiger partial charge in [-0.25, -0.2) is 0 Å². The smallest absolute Gasteiger partial charge is 0.0223 e. The van der Waals surface area contributed by atoms with Crippen LogP contribution < -0.4 is 5.73 Å². The second-order valence-corrected chi connectivity index (χ2v) is 4.92. The van der Waals surface area contributed by atoms with E-state index in [0.717, 1.165) is 12.6 Å². The van der Waals surface area contributed by atoms with E-state index in [4.69, 9.17) is 5.73 Å². The van der Waals surface area contributed by atoms with Crippen LogP contribution in [0.2, 0.25) is 0 Å². The van der Waals surface area contributed by atoms with Crippen LogP contribution in [-0.4, -0.2) is 54.6 Å². The third kappa shape index (κ3) is 2.47. The number of hydrogen-bond donors (Lipinski definition) is 1. The average molecular weight is 197 g/mol. The highest BCUT2D eigenvalue weighted by Crippen LogP contribution is 2.21. The molecule has 2 rings (SSSR count). The molecule has 0 aromatic heterocycles. The van der Waals surface area contributed by atoms with E-state index in [2.05, 4.69) is 16.7 Å². The molecule has 2 fully saturated rings. The zero-order chi connectivity index (χ0) is 9.97. The Morgan fingerprint density at radius 2 is 2.07 bits per heavy atom. The van der Waals surface area contributed by atoms with Gasteiger partial charge < -0.3 is 10.6 Å². The van der Waals surface area contributed by atoms with Crippen LogP contribution >= 0.6 is 0 Å². The van der Waals surface area contributed by atoms with Gasteiger partial charge in [0.15, 0.2) is 0 Å². The molecule has 2 N–H and O–H groups in total. The zero-order valence-electron chi connectivity index (χ0n) is 9.28. The van der Waals surface area contributed by atoms with Crippen molar-refractivity contribution < 1.29 is 0 Å². The molecule has 0 aromatic rings. The summed E-state index contributed by atoms with van der Waals surface area (Å²) in [7, 11) is 0. The van der Waals surface area contributed by atoms with Crippen molar-refractivity contribution in [2.24, 2.45) is 5.73 Å². The van der Waals surface area contributed by atoms with Crippen LogP contribution in [-0.2, 0) is 0 Å². The van der Waals surface area contributed by atoms with Crippen LogP contribution in [0.3, 0.4) is 0 Å². The first-order valence-corrected chi connectivity index (χ1v) is 5.97. The standard InChI is InChI=1S/C11H23N3/c1-10(12)8-13-5-3-7-14-6-2-4-11(14)9-13/h10-11H,2-9,12H2,1H3/t10-,11?/m1/s1. The van der Waals surface area contributed by atoms with Crippen LogP contribution in [0, 0.1) is 0 Å². The Balaban J connectivity index is 1.88. The Labute approximate surface area is 87.2 Å². The molecule has 82 valence electrons. The second-order valence-electron chi connectivity index (χ2n) is 4.92. The number of hydrogen-bond acceptors (Lipinski definition) is 3. The molecule has 2 aliphatic heterocycles. The van der Waals surface area contributed by atoms with Crippen LogP contribution in [0.4, 0.5) is 0 Å². The van der Waals surface area contributed by atoms with Crippen molar-refractivity contribution in [3.05, 3.63) is 0 Å². The summed E-state index contributed by atoms with van der Waals surface area (Å²) in [5.41, 5.74) is 5.86. The Morgan fingerprint density at radius 1 is 1.29 bits per heavy atom. The molecule has 2 aliphatic rings. The Hall–Kier alpha value is -0.120. The van der Waals surface area contributed by atoms with Gasteiger partial charge in [0.1, 0.15) is 0 Å². The third-order valence-electron chi connectivity index (χ3n) is 3.43. The average Bonchev–Trinajstić information content (AvgIpc) is 2.44. The van der Waals surface area contributed by atoms with E-state index in [0.29, 0.717) is 6.04 Å². The molecule has 3 nitrogen and oxygen atoms in total. The number of nitrogens with zero attached hydrogens (tertiary/aromatic N) is 2. The molecule has 0 aliphatic carbocycles. The van der Waals surface area contributed by atoms with Gasteiger partial charge >= 0.3 is 0 Å². The summed E-state index contributed by atoms with van der Waals surface area (Å²) in [6.45, 7) is 8.31. The van der Waals surface area contributed by atoms with Crippen molar-refractivity contribution in [2.45, 2.75) is 38.3 Å². The highest BCUT2D eigenvalue weighted by atomic mass is 15.3. The fourth-order valence-corrected chi connectivity index (χ4v) is 2.86. The Bertz CT molecular complexity index is 181. The molecule has 0 spiro atoms. The van der Waals surface area contributed by atoms with Gasteiger partial charge in [-0.2, -0.15) is 0 Å². The topological polar surface area (TPSA) is 32.5 Å². The number of nitrogens with two attached hydrogens (primary N) is 1. The first kappa shape index (κ1) is 10.4. The first-order valence-electron chi connectivity index (χ1n) is 5.97. The van der Waals surface area contributed by atoms with E-state index in [1.165, 1.54) is 45.4 Å². The monoisotopic (exact) mass is 197 g/mol. The van der Waals surface area contributed by atoms with E-state index < -0.39 is 0 Å². The van der Waals surface area contributed by atoms with Gasteiger partial charge in [-0.15, -0.1) is 0 Å². The Morgan fingerprint density at radius 3 is 2.86 bits per heavy atom. The highest BCUT2D eigenvalue weighted by Gasteiger charge is 2.28.